The summed E-state index contributed by atoms with van der Waals surface area (Å²) in [6.45, 7) is -1.40. The molecule has 0 aliphatic carbocycles. The largest absolute Gasteiger partial charge is 0.523 e. The molecule has 11 heteroatoms. The number of carbonyl (C=O) groups is 1. The Hall–Kier alpha value is -1.66. The van der Waals surface area contributed by atoms with E-state index in [4.69, 9.17) is 0 Å². The van der Waals surface area contributed by atoms with Gasteiger partial charge in [0.05, 0.1) is 19.0 Å². The van der Waals surface area contributed by atoms with Gasteiger partial charge in [0.15, 0.2) is 5.78 Å². The first-order valence-electron chi connectivity index (χ1n) is 8.06. The average Bonchev–Trinajstić information content (AvgIpc) is 2.60. The quantitative estimate of drug-likeness (QED) is 0.459. The van der Waals surface area contributed by atoms with Crippen molar-refractivity contribution in [3.05, 3.63) is 48.0 Å². The van der Waals surface area contributed by atoms with Crippen LogP contribution in [0, 0.1) is 0 Å². The lowest BCUT2D eigenvalue weighted by Crippen LogP contribution is -2.33. The first-order chi connectivity index (χ1) is 13.0. The van der Waals surface area contributed by atoms with Crippen LogP contribution in [0.5, 0.6) is 0 Å². The molecule has 0 spiro atoms. The SMILES string of the molecule is O=C(CS(CCO)(CCO)OS(=O)(=O)C(F)(F)F)c1ccc2ccccc2c1. The topological polar surface area (TPSA) is 101 Å². The second-order valence-electron chi connectivity index (χ2n) is 5.92. The summed E-state index contributed by atoms with van der Waals surface area (Å²) in [4.78, 5) is 12.7. The van der Waals surface area contributed by atoms with Crippen molar-refractivity contribution in [1.29, 1.82) is 0 Å². The molecule has 0 fully saturated rings. The smallest absolute Gasteiger partial charge is 0.395 e. The summed E-state index contributed by atoms with van der Waals surface area (Å²) in [5.74, 6) is -2.31. The van der Waals surface area contributed by atoms with E-state index in [0.717, 1.165) is 10.8 Å². The summed E-state index contributed by atoms with van der Waals surface area (Å²) in [5, 5.41) is 20.0. The van der Waals surface area contributed by atoms with Gasteiger partial charge in [-0.1, -0.05) is 36.4 Å². The number of aliphatic hydroxyl groups excluding tert-OH is 2. The molecule has 2 rings (SSSR count). The molecule has 2 N–H and O–H groups in total. The molecule has 0 atom stereocenters. The minimum atomic E-state index is -6.00. The summed E-state index contributed by atoms with van der Waals surface area (Å²) in [7, 11) is -9.30. The van der Waals surface area contributed by atoms with Crippen LogP contribution in [0.2, 0.25) is 0 Å². The number of rotatable bonds is 9. The zero-order valence-corrected chi connectivity index (χ0v) is 16.2. The van der Waals surface area contributed by atoms with Gasteiger partial charge in [0.25, 0.3) is 0 Å². The van der Waals surface area contributed by atoms with Gasteiger partial charge >= 0.3 is 15.6 Å². The van der Waals surface area contributed by atoms with Crippen LogP contribution in [0.1, 0.15) is 10.4 Å². The minimum Gasteiger partial charge on any atom is -0.395 e. The monoisotopic (exact) mass is 440 g/mol. The number of carbonyl (C=O) groups excluding carboxylic acids is 1. The summed E-state index contributed by atoms with van der Waals surface area (Å²) in [6.07, 6.45) is 0. The van der Waals surface area contributed by atoms with Gasteiger partial charge in [-0.3, -0.25) is 4.79 Å². The van der Waals surface area contributed by atoms with Crippen LogP contribution in [0.4, 0.5) is 13.2 Å². The highest BCUT2D eigenvalue weighted by atomic mass is 32.3. The molecule has 0 radical (unpaired) electrons. The van der Waals surface area contributed by atoms with Crippen LogP contribution in [-0.4, -0.2) is 60.4 Å². The van der Waals surface area contributed by atoms with Crippen LogP contribution in [0.15, 0.2) is 42.5 Å². The number of hydrogen-bond donors (Lipinski definition) is 2. The third-order valence-corrected chi connectivity index (χ3v) is 8.99. The van der Waals surface area contributed by atoms with Gasteiger partial charge in [-0.2, -0.15) is 21.6 Å². The fourth-order valence-electron chi connectivity index (χ4n) is 2.58. The predicted molar refractivity (Wildman–Crippen MR) is 101 cm³/mol. The number of benzene rings is 2. The molecule has 6 nitrogen and oxygen atoms in total. The fourth-order valence-corrected chi connectivity index (χ4v) is 6.95. The average molecular weight is 440 g/mol. The summed E-state index contributed by atoms with van der Waals surface area (Å²) in [5.41, 5.74) is -5.51. The zero-order chi connectivity index (χ0) is 21.0. The lowest BCUT2D eigenvalue weighted by Gasteiger charge is -2.37. The third-order valence-electron chi connectivity index (χ3n) is 3.91. The molecule has 2 aromatic carbocycles. The van der Waals surface area contributed by atoms with Crippen LogP contribution in [-0.2, 0) is 13.7 Å². The molecular weight excluding hydrogens is 421 g/mol. The lowest BCUT2D eigenvalue weighted by molar-refractivity contribution is -0.0496. The predicted octanol–water partition coefficient (Wildman–Crippen LogP) is 2.59. The molecule has 28 heavy (non-hydrogen) atoms. The standard InChI is InChI=1S/C17H19F3O6S2/c18-17(19,20)28(24,25)26-27(9-7-21,10-8-22)12-16(23)15-6-5-13-3-1-2-4-14(13)11-15/h1-6,11,21-22H,7-10,12H2. The summed E-state index contributed by atoms with van der Waals surface area (Å²) < 4.78 is 65.8. The fraction of sp³-hybridized carbons (Fsp3) is 0.353. The molecule has 0 amide bonds. The highest BCUT2D eigenvalue weighted by Crippen LogP contribution is 2.52. The maximum atomic E-state index is 12.8. The Balaban J connectivity index is 2.38. The number of Topliss-reactive ketones (excluding diaryl/α,β-unsaturated/α-hetero) is 1. The van der Waals surface area contributed by atoms with E-state index in [1.54, 1.807) is 24.3 Å². The van der Waals surface area contributed by atoms with Crippen LogP contribution < -0.4 is 0 Å². The van der Waals surface area contributed by atoms with Crippen molar-refractivity contribution in [3.8, 4) is 0 Å². The van der Waals surface area contributed by atoms with E-state index in [2.05, 4.69) is 3.63 Å². The molecule has 0 aromatic heterocycles. The van der Waals surface area contributed by atoms with Gasteiger partial charge in [-0.25, -0.2) is 3.63 Å². The van der Waals surface area contributed by atoms with Gasteiger partial charge in [0.1, 0.15) is 0 Å². The van der Waals surface area contributed by atoms with Crippen molar-refractivity contribution in [3.63, 3.8) is 0 Å². The number of alkyl halides is 3. The number of ketones is 1. The Bertz CT molecular complexity index is 937. The van der Waals surface area contributed by atoms with Crippen LogP contribution in [0.25, 0.3) is 10.8 Å². The maximum Gasteiger partial charge on any atom is 0.523 e. The molecule has 0 aliphatic rings. The highest BCUT2D eigenvalue weighted by Gasteiger charge is 2.51. The van der Waals surface area contributed by atoms with Crippen molar-refractivity contribution in [2.75, 3.05) is 30.5 Å². The van der Waals surface area contributed by atoms with Gasteiger partial charge < -0.3 is 10.2 Å². The van der Waals surface area contributed by atoms with E-state index in [1.165, 1.54) is 12.1 Å². The van der Waals surface area contributed by atoms with E-state index >= 15 is 0 Å². The van der Waals surface area contributed by atoms with Gasteiger partial charge in [-0.05, 0) is 16.8 Å². The van der Waals surface area contributed by atoms with Crippen molar-refractivity contribution in [2.24, 2.45) is 0 Å². The van der Waals surface area contributed by atoms with Crippen molar-refractivity contribution in [2.45, 2.75) is 5.51 Å². The molecule has 0 saturated carbocycles. The van der Waals surface area contributed by atoms with Gasteiger partial charge in [0.2, 0.25) is 0 Å². The molecule has 2 aromatic rings. The summed E-state index contributed by atoms with van der Waals surface area (Å²) in [6, 6.07) is 11.8. The van der Waals surface area contributed by atoms with Gasteiger partial charge in [-0.15, -0.1) is 10.3 Å². The highest BCUT2D eigenvalue weighted by molar-refractivity contribution is 8.33. The van der Waals surface area contributed by atoms with E-state index in [0.29, 0.717) is 0 Å². The molecule has 156 valence electrons. The van der Waals surface area contributed by atoms with Gasteiger partial charge in [0, 0.05) is 17.1 Å². The number of fused-ring (bicyclic) bond motifs is 1. The summed E-state index contributed by atoms with van der Waals surface area (Å²) >= 11 is 0. The number of halogens is 3. The molecule has 0 unspecified atom stereocenters. The van der Waals surface area contributed by atoms with Crippen LogP contribution in [0.3, 0.4) is 0 Å². The third kappa shape index (κ3) is 5.23. The molecule has 0 aliphatic heterocycles. The zero-order valence-electron chi connectivity index (χ0n) is 14.6. The first-order valence-corrected chi connectivity index (χ1v) is 11.5. The molecule has 0 saturated heterocycles. The minimum absolute atomic E-state index is 0.166. The number of aliphatic hydroxyl groups is 2. The maximum absolute atomic E-state index is 12.8. The molecule has 0 heterocycles. The second-order valence-corrected chi connectivity index (χ2v) is 10.9. The second kappa shape index (κ2) is 8.78. The van der Waals surface area contributed by atoms with E-state index < -0.39 is 62.2 Å². The molecule has 0 bridgehead atoms. The Morgan fingerprint density at radius 3 is 2.07 bits per heavy atom. The Morgan fingerprint density at radius 2 is 1.54 bits per heavy atom. The molecular formula is C17H19F3O6S2. The first kappa shape index (κ1) is 22.6. The Labute approximate surface area is 161 Å². The Kier molecular flexibility index (Phi) is 7.10. The normalized spacial score (nSPS) is 13.6. The van der Waals surface area contributed by atoms with E-state index in [1.807, 2.05) is 6.07 Å². The van der Waals surface area contributed by atoms with Crippen LogP contribution >= 0.6 is 10.3 Å². The van der Waals surface area contributed by atoms with E-state index in [-0.39, 0.29) is 5.56 Å². The number of hydrogen-bond acceptors (Lipinski definition) is 6. The van der Waals surface area contributed by atoms with Crippen molar-refractivity contribution >= 4 is 37.0 Å². The lowest BCUT2D eigenvalue weighted by atomic mass is 10.1. The van der Waals surface area contributed by atoms with Crippen molar-refractivity contribution in [1.82, 2.24) is 0 Å². The van der Waals surface area contributed by atoms with Crippen molar-refractivity contribution < 1.29 is 40.2 Å². The van der Waals surface area contributed by atoms with E-state index in [9.17, 15) is 36.6 Å². The Morgan fingerprint density at radius 1 is 0.964 bits per heavy atom.